The molecule has 1 aliphatic rings. The van der Waals surface area contributed by atoms with Crippen LogP contribution in [0.5, 0.6) is 0 Å². The molecular formula is C20H17Cl2F3N2O2. The summed E-state index contributed by atoms with van der Waals surface area (Å²) < 4.78 is 42.1. The second-order valence-electron chi connectivity index (χ2n) is 6.67. The number of oxime groups is 1. The van der Waals surface area contributed by atoms with Crippen molar-refractivity contribution in [2.45, 2.75) is 38.0 Å². The Morgan fingerprint density at radius 2 is 1.90 bits per heavy atom. The van der Waals surface area contributed by atoms with E-state index in [1.807, 2.05) is 6.92 Å². The average Bonchev–Trinajstić information content (AvgIpc) is 3.08. The predicted octanol–water partition coefficient (Wildman–Crippen LogP) is 6.31. The van der Waals surface area contributed by atoms with E-state index in [-0.39, 0.29) is 27.2 Å². The lowest BCUT2D eigenvalue weighted by molar-refractivity contribution is -0.275. The molecule has 0 spiro atoms. The highest BCUT2D eigenvalue weighted by Gasteiger charge is 2.62. The maximum absolute atomic E-state index is 14.0. The summed E-state index contributed by atoms with van der Waals surface area (Å²) in [5.74, 6) is -0.174. The van der Waals surface area contributed by atoms with E-state index in [1.54, 1.807) is 24.3 Å². The van der Waals surface area contributed by atoms with Gasteiger partial charge in [-0.15, -0.1) is 0 Å². The van der Waals surface area contributed by atoms with Gasteiger partial charge in [0.1, 0.15) is 0 Å². The van der Waals surface area contributed by atoms with Crippen molar-refractivity contribution in [3.8, 4) is 0 Å². The molecule has 0 aromatic heterocycles. The van der Waals surface area contributed by atoms with Crippen LogP contribution in [0.1, 0.15) is 37.3 Å². The first-order chi connectivity index (χ1) is 13.6. The normalized spacial score (nSPS) is 18.9. The molecule has 1 atom stereocenters. The summed E-state index contributed by atoms with van der Waals surface area (Å²) in [5, 5.41) is 6.56. The number of amides is 1. The zero-order valence-corrected chi connectivity index (χ0v) is 16.8. The van der Waals surface area contributed by atoms with Crippen LogP contribution in [0.4, 0.5) is 18.9 Å². The highest BCUT2D eigenvalue weighted by atomic mass is 35.5. The molecule has 0 bridgehead atoms. The molecule has 1 heterocycles. The van der Waals surface area contributed by atoms with Crippen LogP contribution in [0.15, 0.2) is 47.6 Å². The fourth-order valence-electron chi connectivity index (χ4n) is 3.07. The standard InChI is InChI=1S/C20H17Cl2F3N2O2/c1-2-4-18(28)26-16-6-3-5-12(7-16)17-11-19(29-27-17,20(23,24)25)13-8-14(21)10-15(22)9-13/h3,5-10H,2,4,11H2,1H3,(H,26,28). The Labute approximate surface area is 175 Å². The third-order valence-corrected chi connectivity index (χ3v) is 4.91. The zero-order chi connectivity index (χ0) is 21.2. The van der Waals surface area contributed by atoms with Gasteiger partial charge in [0, 0.05) is 39.7 Å². The van der Waals surface area contributed by atoms with E-state index >= 15 is 0 Å². The SMILES string of the molecule is CCCC(=O)Nc1cccc(C2=NOC(c3cc(Cl)cc(Cl)c3)(C(F)(F)F)C2)c1. The van der Waals surface area contributed by atoms with Crippen molar-refractivity contribution >= 4 is 40.5 Å². The van der Waals surface area contributed by atoms with Gasteiger partial charge in [0.2, 0.25) is 5.91 Å². The first kappa shape index (κ1) is 21.5. The van der Waals surface area contributed by atoms with E-state index in [1.165, 1.54) is 18.2 Å². The van der Waals surface area contributed by atoms with Crippen molar-refractivity contribution in [2.75, 3.05) is 5.32 Å². The molecule has 1 N–H and O–H groups in total. The molecule has 0 fully saturated rings. The van der Waals surface area contributed by atoms with Gasteiger partial charge in [-0.1, -0.05) is 47.4 Å². The fourth-order valence-corrected chi connectivity index (χ4v) is 3.60. The van der Waals surface area contributed by atoms with Crippen LogP contribution < -0.4 is 5.32 Å². The van der Waals surface area contributed by atoms with Gasteiger partial charge in [-0.05, 0) is 36.8 Å². The number of benzene rings is 2. The number of carbonyl (C=O) groups excluding carboxylic acids is 1. The van der Waals surface area contributed by atoms with Gasteiger partial charge in [-0.3, -0.25) is 4.79 Å². The number of hydrogen-bond donors (Lipinski definition) is 1. The molecule has 0 saturated heterocycles. The van der Waals surface area contributed by atoms with Crippen LogP contribution in [0, 0.1) is 0 Å². The molecule has 1 amide bonds. The number of halogens is 5. The lowest BCUT2D eigenvalue weighted by Gasteiger charge is -2.29. The largest absolute Gasteiger partial charge is 0.435 e. The molecule has 4 nitrogen and oxygen atoms in total. The van der Waals surface area contributed by atoms with Crippen molar-refractivity contribution in [2.24, 2.45) is 5.16 Å². The third-order valence-electron chi connectivity index (χ3n) is 4.47. The van der Waals surface area contributed by atoms with Crippen molar-refractivity contribution in [1.29, 1.82) is 0 Å². The molecule has 1 unspecified atom stereocenters. The highest BCUT2D eigenvalue weighted by molar-refractivity contribution is 6.34. The van der Waals surface area contributed by atoms with Gasteiger partial charge in [0.25, 0.3) is 5.60 Å². The number of rotatable bonds is 5. The van der Waals surface area contributed by atoms with E-state index in [0.29, 0.717) is 24.1 Å². The molecule has 1 aliphatic heterocycles. The quantitative estimate of drug-likeness (QED) is 0.586. The summed E-state index contributed by atoms with van der Waals surface area (Å²) in [5.41, 5.74) is -1.94. The molecule has 0 aliphatic carbocycles. The van der Waals surface area contributed by atoms with E-state index in [4.69, 9.17) is 28.0 Å². The monoisotopic (exact) mass is 444 g/mol. The summed E-state index contributed by atoms with van der Waals surface area (Å²) in [6, 6.07) is 10.1. The number of carbonyl (C=O) groups is 1. The van der Waals surface area contributed by atoms with E-state index in [9.17, 15) is 18.0 Å². The second kappa shape index (κ2) is 8.24. The average molecular weight is 445 g/mol. The van der Waals surface area contributed by atoms with Crippen LogP contribution in [0.2, 0.25) is 10.0 Å². The Kier molecular flexibility index (Phi) is 6.10. The van der Waals surface area contributed by atoms with Gasteiger partial charge >= 0.3 is 6.18 Å². The first-order valence-electron chi connectivity index (χ1n) is 8.83. The molecule has 2 aromatic rings. The van der Waals surface area contributed by atoms with Crippen molar-refractivity contribution in [3.05, 3.63) is 63.6 Å². The van der Waals surface area contributed by atoms with Crippen LogP contribution in [0.25, 0.3) is 0 Å². The van der Waals surface area contributed by atoms with Crippen LogP contribution in [-0.2, 0) is 15.2 Å². The maximum Gasteiger partial charge on any atom is 0.435 e. The van der Waals surface area contributed by atoms with Gasteiger partial charge in [-0.25, -0.2) is 0 Å². The van der Waals surface area contributed by atoms with E-state index in [0.717, 1.165) is 0 Å². The minimum atomic E-state index is -4.76. The number of nitrogens with zero attached hydrogens (tertiary/aromatic N) is 1. The topological polar surface area (TPSA) is 50.7 Å². The Balaban J connectivity index is 1.92. The molecule has 29 heavy (non-hydrogen) atoms. The highest BCUT2D eigenvalue weighted by Crippen LogP contribution is 2.49. The molecule has 154 valence electrons. The zero-order valence-electron chi connectivity index (χ0n) is 15.3. The molecule has 0 saturated carbocycles. The third kappa shape index (κ3) is 4.51. The van der Waals surface area contributed by atoms with E-state index < -0.39 is 18.2 Å². The molecule has 2 aromatic carbocycles. The van der Waals surface area contributed by atoms with Gasteiger partial charge in [0.05, 0.1) is 5.71 Å². The Morgan fingerprint density at radius 3 is 2.52 bits per heavy atom. The lowest BCUT2D eigenvalue weighted by Crippen LogP contribution is -2.42. The van der Waals surface area contributed by atoms with Crippen molar-refractivity contribution < 1.29 is 22.8 Å². The maximum atomic E-state index is 14.0. The summed E-state index contributed by atoms with van der Waals surface area (Å²) in [4.78, 5) is 16.8. The van der Waals surface area contributed by atoms with Crippen LogP contribution in [0.3, 0.4) is 0 Å². The van der Waals surface area contributed by atoms with Crippen LogP contribution in [-0.4, -0.2) is 17.8 Å². The first-order valence-corrected chi connectivity index (χ1v) is 9.59. The molecule has 9 heteroatoms. The number of alkyl halides is 3. The van der Waals surface area contributed by atoms with Gasteiger partial charge in [-0.2, -0.15) is 13.2 Å². The number of nitrogens with one attached hydrogen (secondary N) is 1. The number of hydrogen-bond acceptors (Lipinski definition) is 3. The summed E-state index contributed by atoms with van der Waals surface area (Å²) in [6.45, 7) is 1.87. The predicted molar refractivity (Wildman–Crippen MR) is 106 cm³/mol. The van der Waals surface area contributed by atoms with Gasteiger partial charge < -0.3 is 10.2 Å². The van der Waals surface area contributed by atoms with Gasteiger partial charge in [0.15, 0.2) is 0 Å². The minimum Gasteiger partial charge on any atom is -0.374 e. The Morgan fingerprint density at radius 1 is 1.21 bits per heavy atom. The van der Waals surface area contributed by atoms with Crippen molar-refractivity contribution in [1.82, 2.24) is 0 Å². The molecule has 3 rings (SSSR count). The molecular weight excluding hydrogens is 428 g/mol. The number of anilines is 1. The Bertz CT molecular complexity index is 943. The summed E-state index contributed by atoms with van der Waals surface area (Å²) in [6.07, 6.45) is -4.29. The lowest BCUT2D eigenvalue weighted by atomic mass is 9.86. The van der Waals surface area contributed by atoms with E-state index in [2.05, 4.69) is 10.5 Å². The summed E-state index contributed by atoms with van der Waals surface area (Å²) >= 11 is 11.8. The smallest absolute Gasteiger partial charge is 0.374 e. The minimum absolute atomic E-state index is 0.0637. The second-order valence-corrected chi connectivity index (χ2v) is 7.54. The van der Waals surface area contributed by atoms with Crippen LogP contribution >= 0.6 is 23.2 Å². The van der Waals surface area contributed by atoms with Crippen molar-refractivity contribution in [3.63, 3.8) is 0 Å². The summed E-state index contributed by atoms with van der Waals surface area (Å²) in [7, 11) is 0. The Hall–Kier alpha value is -2.25. The fraction of sp³-hybridized carbons (Fsp3) is 0.300. The molecule has 0 radical (unpaired) electrons.